The first-order chi connectivity index (χ1) is 17.3. The molecule has 0 bridgehead atoms. The number of carbonyl (C=O) groups excluding carboxylic acids is 1. The van der Waals surface area contributed by atoms with Crippen molar-refractivity contribution >= 4 is 21.6 Å². The van der Waals surface area contributed by atoms with Crippen molar-refractivity contribution in [2.75, 3.05) is 0 Å². The number of halogens is 1. The quantitative estimate of drug-likeness (QED) is 0.293. The molecule has 1 atom stereocenters. The lowest BCUT2D eigenvalue weighted by Gasteiger charge is -2.15. The summed E-state index contributed by atoms with van der Waals surface area (Å²) in [7, 11) is -4.24. The maximum absolute atomic E-state index is 14.0. The number of nitro benzene ring substituents is 1. The second kappa shape index (κ2) is 11.0. The Morgan fingerprint density at radius 1 is 1.22 bits per heavy atom. The van der Waals surface area contributed by atoms with Crippen LogP contribution in [0.5, 0.6) is 11.6 Å². The van der Waals surface area contributed by atoms with Gasteiger partial charge in [-0.05, 0) is 58.4 Å². The molecule has 11 nitrogen and oxygen atoms in total. The van der Waals surface area contributed by atoms with Crippen LogP contribution in [-0.2, 0) is 10.0 Å². The third-order valence-electron chi connectivity index (χ3n) is 5.35. The second-order valence-corrected chi connectivity index (χ2v) is 10.4. The highest BCUT2D eigenvalue weighted by Gasteiger charge is 2.28. The van der Waals surface area contributed by atoms with Crippen LogP contribution in [-0.4, -0.2) is 41.1 Å². The number of amides is 1. The van der Waals surface area contributed by atoms with Crippen LogP contribution in [0.1, 0.15) is 50.2 Å². The maximum atomic E-state index is 14.0. The van der Waals surface area contributed by atoms with Crippen molar-refractivity contribution in [1.29, 1.82) is 0 Å². The van der Waals surface area contributed by atoms with Gasteiger partial charge in [-0.1, -0.05) is 13.0 Å². The molecule has 1 amide bonds. The van der Waals surface area contributed by atoms with Crippen molar-refractivity contribution in [2.24, 2.45) is 0 Å². The maximum Gasteiger partial charge on any atom is 0.272 e. The lowest BCUT2D eigenvalue weighted by Crippen LogP contribution is -2.32. The number of nitrogens with one attached hydrogen (secondary N) is 2. The highest BCUT2D eigenvalue weighted by molar-refractivity contribution is 7.89. The highest BCUT2D eigenvalue weighted by atomic mass is 32.2. The number of hydrogen-bond acceptors (Lipinski definition) is 7. The molecule has 1 heterocycles. The minimum absolute atomic E-state index is 0.00816. The average molecular weight is 534 g/mol. The van der Waals surface area contributed by atoms with E-state index >= 15 is 0 Å². The van der Waals surface area contributed by atoms with Crippen molar-refractivity contribution in [3.8, 4) is 17.3 Å². The smallest absolute Gasteiger partial charge is 0.272 e. The Hall–Kier alpha value is -3.84. The number of ether oxygens (including phenoxy) is 1. The fourth-order valence-corrected chi connectivity index (χ4v) is 4.77. The minimum atomic E-state index is -4.24. The summed E-state index contributed by atoms with van der Waals surface area (Å²) < 4.78 is 49.7. The molecule has 198 valence electrons. The number of rotatable bonds is 10. The first-order valence-corrected chi connectivity index (χ1v) is 13.0. The fraction of sp³-hybridized carbons (Fsp3) is 0.333. The number of hydrogen-bond donors (Lipinski definition) is 2. The van der Waals surface area contributed by atoms with Gasteiger partial charge in [0.1, 0.15) is 16.5 Å². The third-order valence-corrected chi connectivity index (χ3v) is 7.03. The van der Waals surface area contributed by atoms with Gasteiger partial charge in [-0.25, -0.2) is 17.5 Å². The molecule has 0 aliphatic rings. The number of nitrogens with zero attached hydrogens (tertiary/aromatic N) is 3. The Bertz CT molecular complexity index is 1440. The van der Waals surface area contributed by atoms with Crippen LogP contribution in [0.3, 0.4) is 0 Å². The summed E-state index contributed by atoms with van der Waals surface area (Å²) in [5, 5.41) is 18.5. The molecule has 37 heavy (non-hydrogen) atoms. The monoisotopic (exact) mass is 533 g/mol. The predicted molar refractivity (Wildman–Crippen MR) is 134 cm³/mol. The van der Waals surface area contributed by atoms with E-state index < -0.39 is 43.3 Å². The minimum Gasteiger partial charge on any atom is -0.437 e. The zero-order valence-electron chi connectivity index (χ0n) is 21.0. The van der Waals surface area contributed by atoms with Crippen LogP contribution >= 0.6 is 0 Å². The topological polar surface area (TPSA) is 145 Å². The molecule has 0 saturated carbocycles. The lowest BCUT2D eigenvalue weighted by molar-refractivity contribution is -0.385. The lowest BCUT2D eigenvalue weighted by atomic mass is 10.2. The predicted octanol–water partition coefficient (Wildman–Crippen LogP) is 4.24. The number of sulfonamides is 1. The van der Waals surface area contributed by atoms with E-state index in [1.807, 2.05) is 13.8 Å². The number of nitro groups is 1. The van der Waals surface area contributed by atoms with Gasteiger partial charge < -0.3 is 10.1 Å². The van der Waals surface area contributed by atoms with E-state index in [4.69, 9.17) is 4.74 Å². The molecule has 2 aromatic carbocycles. The van der Waals surface area contributed by atoms with Gasteiger partial charge in [0.2, 0.25) is 15.9 Å². The zero-order chi connectivity index (χ0) is 27.5. The molecule has 1 aromatic heterocycles. The molecule has 0 saturated heterocycles. The van der Waals surface area contributed by atoms with Crippen molar-refractivity contribution < 1.29 is 27.3 Å². The summed E-state index contributed by atoms with van der Waals surface area (Å²) in [5.74, 6) is -1.37. The molecule has 0 aliphatic heterocycles. The first-order valence-electron chi connectivity index (χ1n) is 11.5. The van der Waals surface area contributed by atoms with E-state index in [1.165, 1.54) is 28.9 Å². The molecule has 3 aromatic rings. The summed E-state index contributed by atoms with van der Waals surface area (Å²) in [6.07, 6.45) is 0.672. The van der Waals surface area contributed by atoms with E-state index in [1.54, 1.807) is 20.8 Å². The first kappa shape index (κ1) is 27.7. The standard InChI is InChI=1S/C24H28FN5O6S/c1-6-15(4)26-23(31)22-16(5)24(29(27-22)18-9-7-8-17(25)12-18)36-20-11-10-19(30(32)33)13-21(20)37(34,35)28-14(2)3/h7-15,28H,6H2,1-5H3,(H,26,31)/t15-/m1/s1. The van der Waals surface area contributed by atoms with Crippen LogP contribution < -0.4 is 14.8 Å². The Labute approximate surface area is 213 Å². The number of aromatic nitrogens is 2. The summed E-state index contributed by atoms with van der Waals surface area (Å²) in [6, 6.07) is 7.85. The average Bonchev–Trinajstić information content (AvgIpc) is 3.14. The SMILES string of the molecule is CC[C@@H](C)NC(=O)c1nn(-c2cccc(F)c2)c(Oc2ccc([N+](=O)[O-])cc2S(=O)(=O)NC(C)C)c1C. The molecule has 13 heteroatoms. The molecular weight excluding hydrogens is 505 g/mol. The van der Waals surface area contributed by atoms with Gasteiger partial charge in [0.15, 0.2) is 5.69 Å². The van der Waals surface area contributed by atoms with Crippen LogP contribution in [0.4, 0.5) is 10.1 Å². The summed E-state index contributed by atoms with van der Waals surface area (Å²) in [5.41, 5.74) is 0.00236. The molecule has 0 spiro atoms. The molecule has 0 radical (unpaired) electrons. The van der Waals surface area contributed by atoms with Gasteiger partial charge in [-0.3, -0.25) is 14.9 Å². The Morgan fingerprint density at radius 3 is 2.51 bits per heavy atom. The van der Waals surface area contributed by atoms with E-state index in [-0.39, 0.29) is 34.6 Å². The van der Waals surface area contributed by atoms with Crippen molar-refractivity contribution in [2.45, 2.75) is 58.0 Å². The molecule has 0 fully saturated rings. The van der Waals surface area contributed by atoms with Gasteiger partial charge in [-0.15, -0.1) is 0 Å². The van der Waals surface area contributed by atoms with Gasteiger partial charge in [-0.2, -0.15) is 9.78 Å². The molecule has 0 unspecified atom stereocenters. The molecule has 3 rings (SSSR count). The van der Waals surface area contributed by atoms with Crippen LogP contribution in [0.15, 0.2) is 47.4 Å². The van der Waals surface area contributed by atoms with E-state index in [9.17, 15) is 27.7 Å². The number of non-ortho nitro benzene ring substituents is 1. The van der Waals surface area contributed by atoms with Gasteiger partial charge in [0, 0.05) is 29.8 Å². The Balaban J connectivity index is 2.21. The molecule has 0 aliphatic carbocycles. The third kappa shape index (κ3) is 6.30. The van der Waals surface area contributed by atoms with Crippen molar-refractivity contribution in [1.82, 2.24) is 19.8 Å². The van der Waals surface area contributed by atoms with Gasteiger partial charge >= 0.3 is 0 Å². The fourth-order valence-electron chi connectivity index (χ4n) is 3.38. The Kier molecular flexibility index (Phi) is 8.28. The van der Waals surface area contributed by atoms with E-state index in [2.05, 4.69) is 15.1 Å². The summed E-state index contributed by atoms with van der Waals surface area (Å²) >= 11 is 0. The summed E-state index contributed by atoms with van der Waals surface area (Å²) in [6.45, 7) is 8.47. The zero-order valence-corrected chi connectivity index (χ0v) is 21.8. The Morgan fingerprint density at radius 2 is 1.92 bits per heavy atom. The van der Waals surface area contributed by atoms with Crippen LogP contribution in [0.25, 0.3) is 5.69 Å². The van der Waals surface area contributed by atoms with Gasteiger partial charge in [0.05, 0.1) is 10.6 Å². The summed E-state index contributed by atoms with van der Waals surface area (Å²) in [4.78, 5) is 23.1. The van der Waals surface area contributed by atoms with E-state index in [0.29, 0.717) is 6.42 Å². The van der Waals surface area contributed by atoms with E-state index in [0.717, 1.165) is 18.2 Å². The van der Waals surface area contributed by atoms with Crippen molar-refractivity contribution in [3.63, 3.8) is 0 Å². The molecular formula is C24H28FN5O6S. The molecule has 2 N–H and O–H groups in total. The normalized spacial score (nSPS) is 12.4. The number of benzene rings is 2. The van der Waals surface area contributed by atoms with Crippen LogP contribution in [0, 0.1) is 22.9 Å². The second-order valence-electron chi connectivity index (χ2n) is 8.72. The highest BCUT2D eigenvalue weighted by Crippen LogP contribution is 2.35. The van der Waals surface area contributed by atoms with Gasteiger partial charge in [0.25, 0.3) is 11.6 Å². The largest absolute Gasteiger partial charge is 0.437 e. The number of carbonyl (C=O) groups is 1. The van der Waals surface area contributed by atoms with Crippen LogP contribution in [0.2, 0.25) is 0 Å². The van der Waals surface area contributed by atoms with Crippen molar-refractivity contribution in [3.05, 3.63) is 69.7 Å².